The summed E-state index contributed by atoms with van der Waals surface area (Å²) in [5, 5.41) is 9.22. The lowest BCUT2D eigenvalue weighted by atomic mass is 10.00. The quantitative estimate of drug-likeness (QED) is 0.351. The minimum atomic E-state index is -1.88. The fourth-order valence-corrected chi connectivity index (χ4v) is 5.92. The lowest BCUT2D eigenvalue weighted by Crippen LogP contribution is -2.45. The average Bonchev–Trinajstić information content (AvgIpc) is 2.57. The highest BCUT2D eigenvalue weighted by Gasteiger charge is 2.26. The Labute approximate surface area is 144 Å². The monoisotopic (exact) mass is 330 g/mol. The Hall–Kier alpha value is -2.16. The standard InChI is InChI=1S/C22H22OSi/c1-4-23-24(2,3)22-11-7-10-18-14-19-12-16-8-5-6-9-17(16)13-20(19)15-21(18)22/h5-15H,4H2,1-3H3. The van der Waals surface area contributed by atoms with Gasteiger partial charge in [0.1, 0.15) is 0 Å². The van der Waals surface area contributed by atoms with Crippen molar-refractivity contribution in [2.45, 2.75) is 20.0 Å². The van der Waals surface area contributed by atoms with Gasteiger partial charge in [-0.15, -0.1) is 0 Å². The smallest absolute Gasteiger partial charge is 0.218 e. The highest BCUT2D eigenvalue weighted by Crippen LogP contribution is 2.27. The molecule has 2 heteroatoms. The van der Waals surface area contributed by atoms with Gasteiger partial charge < -0.3 is 4.43 Å². The van der Waals surface area contributed by atoms with Gasteiger partial charge in [-0.2, -0.15) is 0 Å². The van der Waals surface area contributed by atoms with Crippen molar-refractivity contribution in [3.8, 4) is 0 Å². The van der Waals surface area contributed by atoms with Gasteiger partial charge in [0.05, 0.1) is 0 Å². The zero-order valence-corrected chi connectivity index (χ0v) is 15.5. The van der Waals surface area contributed by atoms with E-state index in [9.17, 15) is 0 Å². The number of benzene rings is 4. The third-order valence-electron chi connectivity index (χ3n) is 4.86. The Kier molecular flexibility index (Phi) is 3.67. The van der Waals surface area contributed by atoms with Crippen molar-refractivity contribution in [3.05, 3.63) is 66.7 Å². The number of hydrogen-bond donors (Lipinski definition) is 0. The molecule has 0 N–H and O–H groups in total. The van der Waals surface area contributed by atoms with Gasteiger partial charge in [0.15, 0.2) is 0 Å². The van der Waals surface area contributed by atoms with E-state index >= 15 is 0 Å². The molecular weight excluding hydrogens is 308 g/mol. The van der Waals surface area contributed by atoms with Crippen molar-refractivity contribution in [2.24, 2.45) is 0 Å². The molecule has 0 spiro atoms. The molecule has 1 nitrogen and oxygen atoms in total. The predicted octanol–water partition coefficient (Wildman–Crippen LogP) is 5.59. The second-order valence-corrected chi connectivity index (χ2v) is 10.7. The minimum Gasteiger partial charge on any atom is -0.413 e. The first kappa shape index (κ1) is 15.4. The molecule has 4 aromatic carbocycles. The van der Waals surface area contributed by atoms with E-state index < -0.39 is 8.32 Å². The molecule has 120 valence electrons. The van der Waals surface area contributed by atoms with E-state index in [2.05, 4.69) is 86.7 Å². The lowest BCUT2D eigenvalue weighted by Gasteiger charge is -2.24. The molecule has 4 rings (SSSR count). The normalized spacial score (nSPS) is 12.3. The summed E-state index contributed by atoms with van der Waals surface area (Å²) < 4.78 is 6.14. The summed E-state index contributed by atoms with van der Waals surface area (Å²) in [6.45, 7) is 7.43. The topological polar surface area (TPSA) is 9.23 Å². The van der Waals surface area contributed by atoms with Crippen molar-refractivity contribution in [1.82, 2.24) is 0 Å². The van der Waals surface area contributed by atoms with Crippen LogP contribution in [0.1, 0.15) is 6.92 Å². The predicted molar refractivity (Wildman–Crippen MR) is 108 cm³/mol. The van der Waals surface area contributed by atoms with Gasteiger partial charge in [0.2, 0.25) is 8.32 Å². The van der Waals surface area contributed by atoms with Crippen molar-refractivity contribution < 1.29 is 4.43 Å². The van der Waals surface area contributed by atoms with Gasteiger partial charge in [0.25, 0.3) is 0 Å². The molecule has 0 bridgehead atoms. The van der Waals surface area contributed by atoms with E-state index in [1.807, 2.05) is 0 Å². The molecule has 0 saturated heterocycles. The minimum absolute atomic E-state index is 0.772. The van der Waals surface area contributed by atoms with E-state index in [0.717, 1.165) is 6.61 Å². The molecule has 0 radical (unpaired) electrons. The Balaban J connectivity index is 2.03. The van der Waals surface area contributed by atoms with Gasteiger partial charge >= 0.3 is 0 Å². The van der Waals surface area contributed by atoms with Gasteiger partial charge in [-0.25, -0.2) is 0 Å². The highest BCUT2D eigenvalue weighted by atomic mass is 28.4. The highest BCUT2D eigenvalue weighted by molar-refractivity contribution is 6.86. The van der Waals surface area contributed by atoms with Crippen LogP contribution in [-0.4, -0.2) is 14.9 Å². The van der Waals surface area contributed by atoms with Gasteiger partial charge in [-0.05, 0) is 81.8 Å². The van der Waals surface area contributed by atoms with E-state index in [0.29, 0.717) is 0 Å². The van der Waals surface area contributed by atoms with Crippen LogP contribution in [0.25, 0.3) is 32.3 Å². The largest absolute Gasteiger partial charge is 0.413 e. The van der Waals surface area contributed by atoms with Crippen molar-refractivity contribution in [1.29, 1.82) is 0 Å². The second kappa shape index (κ2) is 5.73. The molecule has 0 aliphatic rings. The van der Waals surface area contributed by atoms with Crippen molar-refractivity contribution in [3.63, 3.8) is 0 Å². The first-order chi connectivity index (χ1) is 11.6. The van der Waals surface area contributed by atoms with E-state index in [1.165, 1.54) is 37.5 Å². The van der Waals surface area contributed by atoms with Crippen LogP contribution in [0.15, 0.2) is 66.7 Å². The summed E-state index contributed by atoms with van der Waals surface area (Å²) in [4.78, 5) is 0. The van der Waals surface area contributed by atoms with Crippen LogP contribution in [0.2, 0.25) is 13.1 Å². The van der Waals surface area contributed by atoms with Crippen LogP contribution in [-0.2, 0) is 4.43 Å². The molecule has 0 aliphatic heterocycles. The van der Waals surface area contributed by atoms with Gasteiger partial charge in [-0.3, -0.25) is 0 Å². The summed E-state index contributed by atoms with van der Waals surface area (Å²) in [7, 11) is -1.88. The molecule has 0 fully saturated rings. The van der Waals surface area contributed by atoms with Gasteiger partial charge in [-0.1, -0.05) is 42.5 Å². The molecule has 4 aromatic rings. The van der Waals surface area contributed by atoms with Crippen LogP contribution in [0.5, 0.6) is 0 Å². The van der Waals surface area contributed by atoms with Crippen LogP contribution >= 0.6 is 0 Å². The second-order valence-electron chi connectivity index (χ2n) is 6.87. The molecule has 0 amide bonds. The summed E-state index contributed by atoms with van der Waals surface area (Å²) in [5.41, 5.74) is 0. The molecular formula is C22H22OSi. The van der Waals surface area contributed by atoms with Crippen LogP contribution in [0, 0.1) is 0 Å². The fraction of sp³-hybridized carbons (Fsp3) is 0.182. The third-order valence-corrected chi connectivity index (χ3v) is 7.60. The zero-order chi connectivity index (χ0) is 16.7. The summed E-state index contributed by atoms with van der Waals surface area (Å²) in [6, 6.07) is 24.5. The summed E-state index contributed by atoms with van der Waals surface area (Å²) in [6.07, 6.45) is 0. The molecule has 24 heavy (non-hydrogen) atoms. The number of fused-ring (bicyclic) bond motifs is 3. The fourth-order valence-electron chi connectivity index (χ4n) is 3.68. The first-order valence-electron chi connectivity index (χ1n) is 8.58. The molecule has 0 saturated carbocycles. The van der Waals surface area contributed by atoms with Crippen molar-refractivity contribution in [2.75, 3.05) is 6.61 Å². The van der Waals surface area contributed by atoms with Crippen molar-refractivity contribution >= 4 is 45.8 Å². The van der Waals surface area contributed by atoms with Gasteiger partial charge in [0, 0.05) is 6.61 Å². The Morgan fingerprint density at radius 3 is 1.96 bits per heavy atom. The Morgan fingerprint density at radius 1 is 0.708 bits per heavy atom. The lowest BCUT2D eigenvalue weighted by molar-refractivity contribution is 0.339. The first-order valence-corrected chi connectivity index (χ1v) is 11.5. The molecule has 0 aliphatic carbocycles. The summed E-state index contributed by atoms with van der Waals surface area (Å²) in [5.74, 6) is 0. The number of hydrogen-bond acceptors (Lipinski definition) is 1. The maximum atomic E-state index is 6.14. The SMILES string of the molecule is CCO[Si](C)(C)c1cccc2cc3cc4ccccc4cc3cc12. The average molecular weight is 331 g/mol. The Morgan fingerprint density at radius 2 is 1.29 bits per heavy atom. The molecule has 0 atom stereocenters. The maximum Gasteiger partial charge on any atom is 0.218 e. The van der Waals surface area contributed by atoms with Crippen LogP contribution in [0.4, 0.5) is 0 Å². The number of rotatable bonds is 3. The Bertz CT molecular complexity index is 1050. The third kappa shape index (κ3) is 2.52. The maximum absolute atomic E-state index is 6.14. The van der Waals surface area contributed by atoms with Crippen LogP contribution in [0.3, 0.4) is 0 Å². The molecule has 0 aromatic heterocycles. The summed E-state index contributed by atoms with van der Waals surface area (Å²) >= 11 is 0. The molecule has 0 unspecified atom stereocenters. The zero-order valence-electron chi connectivity index (χ0n) is 14.5. The van der Waals surface area contributed by atoms with E-state index in [-0.39, 0.29) is 0 Å². The van der Waals surface area contributed by atoms with E-state index in [1.54, 1.807) is 0 Å². The molecule has 0 heterocycles. The van der Waals surface area contributed by atoms with Crippen LogP contribution < -0.4 is 5.19 Å². The van der Waals surface area contributed by atoms with E-state index in [4.69, 9.17) is 4.43 Å².